The van der Waals surface area contributed by atoms with E-state index in [1.165, 1.54) is 18.2 Å². The van der Waals surface area contributed by atoms with Crippen LogP contribution in [0.5, 0.6) is 5.75 Å². The first kappa shape index (κ1) is 22.1. The number of benzene rings is 1. The molecule has 1 aliphatic carbocycles. The Balaban J connectivity index is 1.33. The number of nitrogens with zero attached hydrogens (tertiary/aromatic N) is 3. The lowest BCUT2D eigenvalue weighted by Gasteiger charge is -2.16. The van der Waals surface area contributed by atoms with Gasteiger partial charge in [-0.05, 0) is 43.4 Å². The lowest BCUT2D eigenvalue weighted by Crippen LogP contribution is -2.30. The number of urea groups is 1. The Labute approximate surface area is 183 Å². The quantitative estimate of drug-likeness (QED) is 0.497. The molecule has 2 aliphatic rings. The molecule has 4 rings (SSSR count). The summed E-state index contributed by atoms with van der Waals surface area (Å²) in [4.78, 5) is 23.8. The number of amides is 3. The van der Waals surface area contributed by atoms with Crippen LogP contribution in [0.2, 0.25) is 0 Å². The molecule has 2 fully saturated rings. The summed E-state index contributed by atoms with van der Waals surface area (Å²) in [7, 11) is -3.75. The van der Waals surface area contributed by atoms with Gasteiger partial charge in [0.25, 0.3) is 0 Å². The largest absolute Gasteiger partial charge is 0.490 e. The lowest BCUT2D eigenvalue weighted by atomic mass is 10.1. The third-order valence-corrected chi connectivity index (χ3v) is 6.50. The van der Waals surface area contributed by atoms with Gasteiger partial charge >= 0.3 is 12.0 Å². The van der Waals surface area contributed by atoms with Crippen LogP contribution in [0.3, 0.4) is 0 Å². The lowest BCUT2D eigenvalue weighted by molar-refractivity contribution is -0.117. The highest BCUT2D eigenvalue weighted by atomic mass is 32.2. The second kappa shape index (κ2) is 8.82. The zero-order valence-corrected chi connectivity index (χ0v) is 18.0. The van der Waals surface area contributed by atoms with E-state index in [0.717, 1.165) is 17.7 Å². The Kier molecular flexibility index (Phi) is 6.11. The summed E-state index contributed by atoms with van der Waals surface area (Å²) < 4.78 is 52.3. The number of imide groups is 1. The zero-order valence-electron chi connectivity index (χ0n) is 17.2. The van der Waals surface area contributed by atoms with E-state index in [9.17, 15) is 22.4 Å². The van der Waals surface area contributed by atoms with E-state index in [1.807, 2.05) is 0 Å². The van der Waals surface area contributed by atoms with Crippen molar-refractivity contribution in [2.75, 3.05) is 23.8 Å². The highest BCUT2D eigenvalue weighted by Crippen LogP contribution is 2.31. The van der Waals surface area contributed by atoms with Gasteiger partial charge in [-0.25, -0.2) is 27.2 Å². The van der Waals surface area contributed by atoms with Gasteiger partial charge < -0.3 is 9.15 Å². The van der Waals surface area contributed by atoms with E-state index in [2.05, 4.69) is 20.2 Å². The number of anilines is 1. The van der Waals surface area contributed by atoms with Crippen LogP contribution < -0.4 is 19.7 Å². The molecular formula is C19H22FN5O6S. The molecule has 1 aliphatic heterocycles. The van der Waals surface area contributed by atoms with Crippen molar-refractivity contribution >= 4 is 28.0 Å². The number of carbonyl (C=O) groups excluding carboxylic acids is 2. The topological polar surface area (TPSA) is 144 Å². The van der Waals surface area contributed by atoms with Gasteiger partial charge in [-0.1, -0.05) is 11.2 Å². The summed E-state index contributed by atoms with van der Waals surface area (Å²) in [6, 6.07) is 2.75. The van der Waals surface area contributed by atoms with Crippen LogP contribution in [-0.4, -0.2) is 49.5 Å². The number of rotatable bonds is 10. The summed E-state index contributed by atoms with van der Waals surface area (Å²) in [5.74, 6) is -0.788. The monoisotopic (exact) mass is 467 g/mol. The maximum absolute atomic E-state index is 14.0. The minimum Gasteiger partial charge on any atom is -0.490 e. The van der Waals surface area contributed by atoms with Crippen molar-refractivity contribution in [3.63, 3.8) is 0 Å². The number of halogens is 1. The predicted octanol–water partition coefficient (Wildman–Crippen LogP) is 1.28. The molecule has 2 aromatic rings. The summed E-state index contributed by atoms with van der Waals surface area (Å²) in [5.41, 5.74) is 0.561. The average molecular weight is 467 g/mol. The van der Waals surface area contributed by atoms with Crippen molar-refractivity contribution in [3.8, 4) is 5.75 Å². The second-order valence-corrected chi connectivity index (χ2v) is 9.64. The standard InChI is InChI=1S/C19H22FN5O6S/c1-11(13-4-5-14(20)15(8-13)30-10-12-2-3-12)24-32(28,29)7-6-17-22-23-19(31-17)25-9-16(26)21-18(25)27/h4-5,8,11-12,24H,2-3,6-7,9-10H2,1H3,(H,21,26,27)/t11-/m1/s1. The maximum Gasteiger partial charge on any atom is 0.332 e. The third kappa shape index (κ3) is 5.40. The average Bonchev–Trinajstić information content (AvgIpc) is 3.33. The molecule has 0 radical (unpaired) electrons. The summed E-state index contributed by atoms with van der Waals surface area (Å²) in [5, 5.41) is 9.47. The molecule has 32 heavy (non-hydrogen) atoms. The summed E-state index contributed by atoms with van der Waals surface area (Å²) in [6.45, 7) is 1.84. The van der Waals surface area contributed by atoms with E-state index in [1.54, 1.807) is 6.92 Å². The van der Waals surface area contributed by atoms with Crippen molar-refractivity contribution in [1.82, 2.24) is 20.2 Å². The zero-order chi connectivity index (χ0) is 22.9. The minimum absolute atomic E-state index is 0.00252. The molecule has 0 bridgehead atoms. The van der Waals surface area contributed by atoms with Crippen LogP contribution >= 0.6 is 0 Å². The van der Waals surface area contributed by atoms with Crippen LogP contribution in [0.25, 0.3) is 0 Å². The molecule has 172 valence electrons. The first-order valence-corrected chi connectivity index (χ1v) is 11.7. The fourth-order valence-corrected chi connectivity index (χ4v) is 4.30. The Bertz CT molecular complexity index is 1130. The molecule has 11 nitrogen and oxygen atoms in total. The number of hydrogen-bond acceptors (Lipinski definition) is 8. The van der Waals surface area contributed by atoms with E-state index < -0.39 is 33.8 Å². The summed E-state index contributed by atoms with van der Waals surface area (Å²) in [6.07, 6.45) is 2.04. The Morgan fingerprint density at radius 3 is 2.81 bits per heavy atom. The third-order valence-electron chi connectivity index (χ3n) is 5.05. The first-order chi connectivity index (χ1) is 15.2. The highest BCUT2D eigenvalue weighted by Gasteiger charge is 2.32. The number of sulfonamides is 1. The maximum atomic E-state index is 14.0. The second-order valence-electron chi connectivity index (χ2n) is 7.77. The van der Waals surface area contributed by atoms with E-state index in [-0.39, 0.29) is 36.4 Å². The molecule has 1 aromatic heterocycles. The van der Waals surface area contributed by atoms with Gasteiger partial charge in [-0.15, -0.1) is 5.10 Å². The summed E-state index contributed by atoms with van der Waals surface area (Å²) >= 11 is 0. The number of carbonyl (C=O) groups is 2. The number of hydrogen-bond donors (Lipinski definition) is 2. The van der Waals surface area contributed by atoms with Gasteiger partial charge in [-0.3, -0.25) is 10.1 Å². The molecule has 1 atom stereocenters. The molecule has 0 spiro atoms. The minimum atomic E-state index is -3.75. The van der Waals surface area contributed by atoms with Crippen LogP contribution in [0.1, 0.15) is 37.3 Å². The predicted molar refractivity (Wildman–Crippen MR) is 109 cm³/mol. The highest BCUT2D eigenvalue weighted by molar-refractivity contribution is 7.89. The molecular weight excluding hydrogens is 445 g/mol. The molecule has 3 amide bonds. The molecule has 2 N–H and O–H groups in total. The molecule has 0 unspecified atom stereocenters. The Hall–Kier alpha value is -3.06. The van der Waals surface area contributed by atoms with Gasteiger partial charge in [0.15, 0.2) is 11.6 Å². The smallest absolute Gasteiger partial charge is 0.332 e. The number of aryl methyl sites for hydroxylation is 1. The van der Waals surface area contributed by atoms with Crippen LogP contribution in [0.4, 0.5) is 15.2 Å². The Morgan fingerprint density at radius 1 is 1.34 bits per heavy atom. The number of ether oxygens (including phenoxy) is 1. The van der Waals surface area contributed by atoms with E-state index >= 15 is 0 Å². The van der Waals surface area contributed by atoms with E-state index in [0.29, 0.717) is 18.1 Å². The van der Waals surface area contributed by atoms with Gasteiger partial charge in [0.05, 0.1) is 12.4 Å². The van der Waals surface area contributed by atoms with Gasteiger partial charge in [0.1, 0.15) is 6.54 Å². The van der Waals surface area contributed by atoms with Crippen molar-refractivity contribution < 1.29 is 31.6 Å². The van der Waals surface area contributed by atoms with E-state index in [4.69, 9.17) is 9.15 Å². The normalized spacial score (nSPS) is 17.5. The fraction of sp³-hybridized carbons (Fsp3) is 0.474. The molecule has 1 aromatic carbocycles. The first-order valence-electron chi connectivity index (χ1n) is 10.1. The van der Waals surface area contributed by atoms with Crippen molar-refractivity contribution in [3.05, 3.63) is 35.5 Å². The van der Waals surface area contributed by atoms with Crippen molar-refractivity contribution in [2.45, 2.75) is 32.2 Å². The van der Waals surface area contributed by atoms with Crippen LogP contribution in [-0.2, 0) is 21.2 Å². The fourth-order valence-electron chi connectivity index (χ4n) is 3.06. The molecule has 1 saturated heterocycles. The van der Waals surface area contributed by atoms with Crippen LogP contribution in [0.15, 0.2) is 22.6 Å². The van der Waals surface area contributed by atoms with Crippen molar-refractivity contribution in [2.24, 2.45) is 5.92 Å². The number of aromatic nitrogens is 2. The van der Waals surface area contributed by atoms with Gasteiger partial charge in [-0.2, -0.15) is 0 Å². The molecule has 13 heteroatoms. The molecule has 2 heterocycles. The van der Waals surface area contributed by atoms with Gasteiger partial charge in [0, 0.05) is 12.5 Å². The SMILES string of the molecule is C[C@@H](NS(=O)(=O)CCc1nnc(N2CC(=O)NC2=O)o1)c1ccc(F)c(OCC2CC2)c1. The Morgan fingerprint density at radius 2 is 2.12 bits per heavy atom. The van der Waals surface area contributed by atoms with Gasteiger partial charge in [0.2, 0.25) is 21.8 Å². The molecule has 1 saturated carbocycles. The van der Waals surface area contributed by atoms with Crippen LogP contribution in [0, 0.1) is 11.7 Å². The number of nitrogens with one attached hydrogen (secondary N) is 2. The van der Waals surface area contributed by atoms with Crippen molar-refractivity contribution in [1.29, 1.82) is 0 Å².